The van der Waals surface area contributed by atoms with Crippen LogP contribution in [0.2, 0.25) is 5.02 Å². The lowest BCUT2D eigenvalue weighted by Gasteiger charge is -2.36. The molecule has 2 aromatic carbocycles. The highest BCUT2D eigenvalue weighted by atomic mass is 35.5. The number of aliphatic imine (C=N–C) groups is 1. The molecular weight excluding hydrogens is 420 g/mol. The molecule has 31 heavy (non-hydrogen) atoms. The van der Waals surface area contributed by atoms with Gasteiger partial charge in [0, 0.05) is 48.3 Å². The lowest BCUT2D eigenvalue weighted by molar-refractivity contribution is -0.119. The molecule has 0 saturated carbocycles. The summed E-state index contributed by atoms with van der Waals surface area (Å²) in [5.41, 5.74) is 1.18. The standard InChI is InChI=1S/C22H21ClN4O4/c23-15-3-1-2-14(10-15)20-21(29)26-22(25-20)6-8-27(9-7-22)12-19(28)24-16-4-5-17-18(11-16)31-13-30-17/h1-5,10-11H,6-9,12-13H2,(H,24,28)(H,26,29). The number of likely N-dealkylation sites (tertiary alicyclic amines) is 1. The van der Waals surface area contributed by atoms with E-state index in [9.17, 15) is 9.59 Å². The zero-order valence-electron chi connectivity index (χ0n) is 16.7. The van der Waals surface area contributed by atoms with E-state index in [0.717, 1.165) is 0 Å². The summed E-state index contributed by atoms with van der Waals surface area (Å²) in [7, 11) is 0. The number of benzene rings is 2. The number of halogens is 1. The van der Waals surface area contributed by atoms with Crippen LogP contribution in [0.25, 0.3) is 0 Å². The molecule has 0 bridgehead atoms. The molecule has 0 atom stereocenters. The van der Waals surface area contributed by atoms with E-state index in [1.807, 2.05) is 6.07 Å². The van der Waals surface area contributed by atoms with Crippen molar-refractivity contribution in [2.75, 3.05) is 31.7 Å². The van der Waals surface area contributed by atoms with Crippen LogP contribution in [0.1, 0.15) is 18.4 Å². The Kier molecular flexibility index (Phi) is 5.03. The number of carbonyl (C=O) groups excluding carboxylic acids is 2. The van der Waals surface area contributed by atoms with Gasteiger partial charge in [0.05, 0.1) is 6.54 Å². The van der Waals surface area contributed by atoms with Crippen LogP contribution in [0.4, 0.5) is 5.69 Å². The van der Waals surface area contributed by atoms with Gasteiger partial charge in [0.1, 0.15) is 11.4 Å². The minimum absolute atomic E-state index is 0.103. The molecule has 0 radical (unpaired) electrons. The van der Waals surface area contributed by atoms with Gasteiger partial charge < -0.3 is 20.1 Å². The SMILES string of the molecule is O=C(CN1CCC2(CC1)N=C(c1cccc(Cl)c1)C(=O)N2)Nc1ccc2c(c1)OCO2. The van der Waals surface area contributed by atoms with Crippen LogP contribution in [0.5, 0.6) is 11.5 Å². The number of fused-ring (bicyclic) bond motifs is 1. The number of rotatable bonds is 4. The molecule has 0 aromatic heterocycles. The van der Waals surface area contributed by atoms with E-state index < -0.39 is 5.66 Å². The molecule has 1 saturated heterocycles. The lowest BCUT2D eigenvalue weighted by Crippen LogP contribution is -2.52. The van der Waals surface area contributed by atoms with Gasteiger partial charge in [0.25, 0.3) is 5.91 Å². The molecule has 1 spiro atoms. The molecule has 3 aliphatic heterocycles. The molecule has 0 unspecified atom stereocenters. The number of amides is 2. The second-order valence-corrected chi connectivity index (χ2v) is 8.29. The van der Waals surface area contributed by atoms with Crippen molar-refractivity contribution in [3.8, 4) is 11.5 Å². The Morgan fingerprint density at radius 3 is 2.77 bits per heavy atom. The largest absolute Gasteiger partial charge is 0.454 e. The van der Waals surface area contributed by atoms with Crippen molar-refractivity contribution in [2.45, 2.75) is 18.5 Å². The zero-order chi connectivity index (χ0) is 21.4. The van der Waals surface area contributed by atoms with Crippen LogP contribution in [-0.4, -0.2) is 54.5 Å². The number of hydrogen-bond donors (Lipinski definition) is 2. The van der Waals surface area contributed by atoms with Crippen molar-refractivity contribution in [1.82, 2.24) is 10.2 Å². The second kappa shape index (κ2) is 7.86. The topological polar surface area (TPSA) is 92.3 Å². The van der Waals surface area contributed by atoms with Crippen LogP contribution in [0, 0.1) is 0 Å². The van der Waals surface area contributed by atoms with Gasteiger partial charge in [-0.3, -0.25) is 19.5 Å². The predicted octanol–water partition coefficient (Wildman–Crippen LogP) is 2.42. The molecule has 8 nitrogen and oxygen atoms in total. The number of ether oxygens (including phenoxy) is 2. The number of anilines is 1. The van der Waals surface area contributed by atoms with E-state index in [2.05, 4.69) is 15.5 Å². The highest BCUT2D eigenvalue weighted by Gasteiger charge is 2.42. The van der Waals surface area contributed by atoms with E-state index >= 15 is 0 Å². The first-order valence-corrected chi connectivity index (χ1v) is 10.5. The van der Waals surface area contributed by atoms with Crippen LogP contribution in [-0.2, 0) is 9.59 Å². The van der Waals surface area contributed by atoms with E-state index in [4.69, 9.17) is 26.1 Å². The van der Waals surface area contributed by atoms with E-state index in [1.54, 1.807) is 36.4 Å². The van der Waals surface area contributed by atoms with Crippen LogP contribution < -0.4 is 20.1 Å². The van der Waals surface area contributed by atoms with Crippen molar-refractivity contribution in [1.29, 1.82) is 0 Å². The average Bonchev–Trinajstić information content (AvgIpc) is 3.34. The van der Waals surface area contributed by atoms with Crippen molar-refractivity contribution < 1.29 is 19.1 Å². The van der Waals surface area contributed by atoms with E-state index in [0.29, 0.717) is 59.4 Å². The molecule has 3 heterocycles. The summed E-state index contributed by atoms with van der Waals surface area (Å²) in [4.78, 5) is 31.8. The first-order chi connectivity index (χ1) is 15.0. The van der Waals surface area contributed by atoms with Crippen molar-refractivity contribution in [3.05, 3.63) is 53.1 Å². The Hall–Kier alpha value is -3.10. The third-order valence-electron chi connectivity index (χ3n) is 5.69. The second-order valence-electron chi connectivity index (χ2n) is 7.85. The Bertz CT molecular complexity index is 1080. The number of nitrogens with zero attached hydrogens (tertiary/aromatic N) is 2. The number of carbonyl (C=O) groups is 2. The summed E-state index contributed by atoms with van der Waals surface area (Å²) < 4.78 is 10.6. The number of piperidine rings is 1. The number of hydrogen-bond acceptors (Lipinski definition) is 6. The number of nitrogens with one attached hydrogen (secondary N) is 2. The Balaban J connectivity index is 1.19. The van der Waals surface area contributed by atoms with Gasteiger partial charge in [-0.25, -0.2) is 0 Å². The lowest BCUT2D eigenvalue weighted by atomic mass is 9.98. The van der Waals surface area contributed by atoms with Crippen LogP contribution in [0.15, 0.2) is 47.5 Å². The molecule has 2 aromatic rings. The maximum atomic E-state index is 12.5. The fourth-order valence-corrected chi connectivity index (χ4v) is 4.28. The van der Waals surface area contributed by atoms with Gasteiger partial charge in [0.2, 0.25) is 12.7 Å². The third kappa shape index (κ3) is 4.08. The smallest absolute Gasteiger partial charge is 0.272 e. The Morgan fingerprint density at radius 1 is 1.16 bits per heavy atom. The van der Waals surface area contributed by atoms with Crippen molar-refractivity contribution >= 4 is 34.8 Å². The molecule has 9 heteroatoms. The molecule has 3 aliphatic rings. The maximum absolute atomic E-state index is 12.5. The summed E-state index contributed by atoms with van der Waals surface area (Å²) in [5, 5.41) is 6.50. The van der Waals surface area contributed by atoms with Gasteiger partial charge in [-0.2, -0.15) is 0 Å². The van der Waals surface area contributed by atoms with Gasteiger partial charge in [-0.1, -0.05) is 23.7 Å². The third-order valence-corrected chi connectivity index (χ3v) is 5.93. The highest BCUT2D eigenvalue weighted by Crippen LogP contribution is 2.34. The molecule has 160 valence electrons. The summed E-state index contributed by atoms with van der Waals surface area (Å²) in [6.07, 6.45) is 1.28. The van der Waals surface area contributed by atoms with E-state index in [-0.39, 0.29) is 25.2 Å². The zero-order valence-corrected chi connectivity index (χ0v) is 17.4. The fraction of sp³-hybridized carbons (Fsp3) is 0.318. The van der Waals surface area contributed by atoms with Crippen LogP contribution >= 0.6 is 11.6 Å². The first kappa shape index (κ1) is 19.8. The molecule has 1 fully saturated rings. The summed E-state index contributed by atoms with van der Waals surface area (Å²) >= 11 is 6.06. The van der Waals surface area contributed by atoms with Crippen molar-refractivity contribution in [2.24, 2.45) is 4.99 Å². The normalized spacial score (nSPS) is 19.3. The first-order valence-electron chi connectivity index (χ1n) is 10.1. The quantitative estimate of drug-likeness (QED) is 0.761. The summed E-state index contributed by atoms with van der Waals surface area (Å²) in [6, 6.07) is 12.5. The van der Waals surface area contributed by atoms with E-state index in [1.165, 1.54) is 0 Å². The molecule has 5 rings (SSSR count). The van der Waals surface area contributed by atoms with Crippen molar-refractivity contribution in [3.63, 3.8) is 0 Å². The summed E-state index contributed by atoms with van der Waals surface area (Å²) in [6.45, 7) is 1.77. The summed E-state index contributed by atoms with van der Waals surface area (Å²) in [5.74, 6) is 1.02. The minimum atomic E-state index is -0.612. The monoisotopic (exact) mass is 440 g/mol. The molecule has 2 amide bonds. The fourth-order valence-electron chi connectivity index (χ4n) is 4.09. The minimum Gasteiger partial charge on any atom is -0.454 e. The van der Waals surface area contributed by atoms with Gasteiger partial charge in [0.15, 0.2) is 11.5 Å². The predicted molar refractivity (Wildman–Crippen MR) is 116 cm³/mol. The highest BCUT2D eigenvalue weighted by molar-refractivity contribution is 6.47. The molecule has 2 N–H and O–H groups in total. The maximum Gasteiger partial charge on any atom is 0.272 e. The average molecular weight is 441 g/mol. The molecule has 0 aliphatic carbocycles. The molecular formula is C22H21ClN4O4. The Morgan fingerprint density at radius 2 is 1.97 bits per heavy atom. The van der Waals surface area contributed by atoms with Gasteiger partial charge >= 0.3 is 0 Å². The van der Waals surface area contributed by atoms with Gasteiger partial charge in [-0.15, -0.1) is 0 Å². The van der Waals surface area contributed by atoms with Crippen LogP contribution in [0.3, 0.4) is 0 Å². The Labute approximate surface area is 184 Å². The van der Waals surface area contributed by atoms with Gasteiger partial charge in [-0.05, 0) is 24.3 Å².